The van der Waals surface area contributed by atoms with Gasteiger partial charge in [0.25, 0.3) is 0 Å². The molecule has 0 rings (SSSR count). The van der Waals surface area contributed by atoms with Gasteiger partial charge in [-0.3, -0.25) is 0 Å². The number of rotatable bonds is 0. The standard InChI is InChI=1S/8ClH.Mg/h8*1H;/q;;;;;;;;+2/p-2. The Bertz CT molecular complexity index is 4.53. The molecule has 0 atom stereocenters. The van der Waals surface area contributed by atoms with E-state index in [2.05, 4.69) is 0 Å². The molecule has 0 saturated heterocycles. The average molecular weight is 314 g/mol. The molecule has 0 aromatic heterocycles. The predicted molar refractivity (Wildman–Crippen MR) is 49.2 cm³/mol. The van der Waals surface area contributed by atoms with Crippen molar-refractivity contribution in [1.82, 2.24) is 0 Å². The van der Waals surface area contributed by atoms with Gasteiger partial charge >= 0.3 is 23.1 Å². The fraction of sp³-hybridized carbons (Fsp3) is 0. The number of hydrogen-bond acceptors (Lipinski definition) is 0. The molecule has 64 valence electrons. The summed E-state index contributed by atoms with van der Waals surface area (Å²) in [7, 11) is 0. The maximum Gasteiger partial charge on any atom is 2.00 e. The van der Waals surface area contributed by atoms with E-state index in [4.69, 9.17) is 0 Å². The Kier molecular flexibility index (Phi) is 2050. The molecule has 0 unspecified atom stereocenters. The SMILES string of the molecule is Cl.Cl.Cl.Cl.Cl.Cl.[Cl-].[Cl-].[Mg+2]. The monoisotopic (exact) mass is 310 g/mol. The first-order valence-electron chi connectivity index (χ1n) is 0. The molecule has 9 heteroatoms. The topological polar surface area (TPSA) is 0 Å². The second kappa shape index (κ2) is 118. The van der Waals surface area contributed by atoms with E-state index in [1.54, 1.807) is 0 Å². The quantitative estimate of drug-likeness (QED) is 0.402. The van der Waals surface area contributed by atoms with E-state index in [-0.39, 0.29) is 122 Å². The third-order valence-electron chi connectivity index (χ3n) is 0. The molecule has 0 amide bonds. The van der Waals surface area contributed by atoms with Crippen LogP contribution in [0, 0.1) is 0 Å². The van der Waals surface area contributed by atoms with Gasteiger partial charge in [-0.2, -0.15) is 0 Å². The Labute approximate surface area is 121 Å². The van der Waals surface area contributed by atoms with Crippen molar-refractivity contribution in [3.8, 4) is 0 Å². The van der Waals surface area contributed by atoms with Crippen LogP contribution in [-0.2, 0) is 0 Å². The van der Waals surface area contributed by atoms with Crippen molar-refractivity contribution in [2.24, 2.45) is 0 Å². The van der Waals surface area contributed by atoms with Crippen molar-refractivity contribution >= 4 is 97.5 Å². The fourth-order valence-corrected chi connectivity index (χ4v) is 0. The number of halogens is 8. The Morgan fingerprint density at radius 2 is 0.333 bits per heavy atom. The normalized spacial score (nSPS) is 0. The minimum atomic E-state index is 0. The summed E-state index contributed by atoms with van der Waals surface area (Å²) in [6.07, 6.45) is 0. The molecule has 0 nitrogen and oxygen atoms in total. The summed E-state index contributed by atoms with van der Waals surface area (Å²) < 4.78 is 0. The molecule has 0 aliphatic heterocycles. The summed E-state index contributed by atoms with van der Waals surface area (Å²) >= 11 is 0. The Balaban J connectivity index is 0. The zero-order valence-corrected chi connectivity index (χ0v) is 11.7. The van der Waals surface area contributed by atoms with Crippen molar-refractivity contribution in [3.63, 3.8) is 0 Å². The van der Waals surface area contributed by atoms with Crippen molar-refractivity contribution in [2.45, 2.75) is 0 Å². The second-order valence-corrected chi connectivity index (χ2v) is 0. The summed E-state index contributed by atoms with van der Waals surface area (Å²) in [5, 5.41) is 0. The third-order valence-corrected chi connectivity index (χ3v) is 0. The first-order chi connectivity index (χ1) is 0. The van der Waals surface area contributed by atoms with E-state index in [1.807, 2.05) is 0 Å². The van der Waals surface area contributed by atoms with Gasteiger partial charge in [0.15, 0.2) is 0 Å². The van der Waals surface area contributed by atoms with Crippen LogP contribution in [0.3, 0.4) is 0 Å². The van der Waals surface area contributed by atoms with E-state index >= 15 is 0 Å². The molecule has 0 aromatic rings. The van der Waals surface area contributed by atoms with E-state index in [1.165, 1.54) is 0 Å². The molecule has 0 fully saturated rings. The van der Waals surface area contributed by atoms with Crippen LogP contribution in [0.1, 0.15) is 0 Å². The van der Waals surface area contributed by atoms with Gasteiger partial charge in [-0.05, 0) is 0 Å². The maximum absolute atomic E-state index is 0. The van der Waals surface area contributed by atoms with Crippen LogP contribution in [0.15, 0.2) is 0 Å². The summed E-state index contributed by atoms with van der Waals surface area (Å²) in [6, 6.07) is 0. The predicted octanol–water partition coefficient (Wildman–Crippen LogP) is -3.84. The number of hydrogen-bond donors (Lipinski definition) is 0. The molecule has 0 aliphatic rings. The summed E-state index contributed by atoms with van der Waals surface area (Å²) in [5.41, 5.74) is 0. The third kappa shape index (κ3) is 96.1. The van der Waals surface area contributed by atoms with Crippen molar-refractivity contribution < 1.29 is 24.8 Å². The van der Waals surface area contributed by atoms with Gasteiger partial charge < -0.3 is 24.8 Å². The largest absolute Gasteiger partial charge is 2.00 e. The minimum Gasteiger partial charge on any atom is -1.00 e. The van der Waals surface area contributed by atoms with E-state index in [0.717, 1.165) is 0 Å². The Hall–Kier alpha value is 3.09. The van der Waals surface area contributed by atoms with Gasteiger partial charge in [0.2, 0.25) is 0 Å². The van der Waals surface area contributed by atoms with Gasteiger partial charge in [0.1, 0.15) is 0 Å². The van der Waals surface area contributed by atoms with Crippen molar-refractivity contribution in [3.05, 3.63) is 0 Å². The van der Waals surface area contributed by atoms with Gasteiger partial charge in [-0.1, -0.05) is 0 Å². The van der Waals surface area contributed by atoms with Crippen molar-refractivity contribution in [2.75, 3.05) is 0 Å². The Morgan fingerprint density at radius 3 is 0.333 bits per heavy atom. The van der Waals surface area contributed by atoms with E-state index in [9.17, 15) is 0 Å². The average Bonchev–Trinajstić information content (AvgIpc) is 0. The Morgan fingerprint density at radius 1 is 0.333 bits per heavy atom. The van der Waals surface area contributed by atoms with Crippen LogP contribution in [0.25, 0.3) is 0 Å². The van der Waals surface area contributed by atoms with Gasteiger partial charge in [-0.25, -0.2) is 0 Å². The maximum atomic E-state index is 0. The molecule has 0 heterocycles. The summed E-state index contributed by atoms with van der Waals surface area (Å²) in [6.45, 7) is 0. The molecule has 0 saturated carbocycles. The fourth-order valence-electron chi connectivity index (χ4n) is 0. The second-order valence-electron chi connectivity index (χ2n) is 0. The molecular formula is H6Cl8Mg. The van der Waals surface area contributed by atoms with Crippen molar-refractivity contribution in [1.29, 1.82) is 0 Å². The van der Waals surface area contributed by atoms with Crippen LogP contribution in [-0.4, -0.2) is 23.1 Å². The molecular weight excluding hydrogens is 308 g/mol. The van der Waals surface area contributed by atoms with Crippen LogP contribution >= 0.6 is 74.4 Å². The molecule has 0 bridgehead atoms. The zero-order chi connectivity index (χ0) is 0. The van der Waals surface area contributed by atoms with E-state index < -0.39 is 0 Å². The first kappa shape index (κ1) is 156. The molecule has 0 aliphatic carbocycles. The minimum absolute atomic E-state index is 0. The van der Waals surface area contributed by atoms with Crippen LogP contribution < -0.4 is 24.8 Å². The van der Waals surface area contributed by atoms with Gasteiger partial charge in [-0.15, -0.1) is 74.4 Å². The van der Waals surface area contributed by atoms with Crippen LogP contribution in [0.2, 0.25) is 0 Å². The molecule has 0 N–H and O–H groups in total. The van der Waals surface area contributed by atoms with Gasteiger partial charge in [0, 0.05) is 0 Å². The van der Waals surface area contributed by atoms with E-state index in [0.29, 0.717) is 0 Å². The van der Waals surface area contributed by atoms with Crippen LogP contribution in [0.4, 0.5) is 0 Å². The van der Waals surface area contributed by atoms with Crippen LogP contribution in [0.5, 0.6) is 0 Å². The first-order valence-corrected chi connectivity index (χ1v) is 0. The molecule has 9 heavy (non-hydrogen) atoms. The zero-order valence-electron chi connectivity index (χ0n) is 3.91. The summed E-state index contributed by atoms with van der Waals surface area (Å²) in [5.74, 6) is 0. The summed E-state index contributed by atoms with van der Waals surface area (Å²) in [4.78, 5) is 0. The molecule has 0 aromatic carbocycles. The van der Waals surface area contributed by atoms with Gasteiger partial charge in [0.05, 0.1) is 0 Å². The molecule has 0 radical (unpaired) electrons. The smallest absolute Gasteiger partial charge is 1.00 e. The molecule has 0 spiro atoms.